The van der Waals surface area contributed by atoms with Crippen LogP contribution in [-0.4, -0.2) is 11.1 Å². The molecule has 0 saturated heterocycles. The first-order chi connectivity index (χ1) is 10.7. The van der Waals surface area contributed by atoms with Gasteiger partial charge in [0.05, 0.1) is 12.0 Å². The third kappa shape index (κ3) is 4.31. The van der Waals surface area contributed by atoms with Crippen LogP contribution in [0.25, 0.3) is 0 Å². The molecule has 2 aromatic rings. The average Bonchev–Trinajstić information content (AvgIpc) is 2.45. The second kappa shape index (κ2) is 6.70. The lowest BCUT2D eigenvalue weighted by Crippen LogP contribution is -2.10. The number of halogens is 5. The number of aliphatic carboxylic acids is 1. The minimum atomic E-state index is -4.49. The molecule has 0 aromatic heterocycles. The normalized spacial score (nSPS) is 12.9. The molecule has 0 spiro atoms. The standard InChI is InChI=1S/C16H11BrF4O2/c17-14-7-10(16(19,20)21)3-6-12(14)13(8-15(22)23)9-1-4-11(18)5-2-9/h1-7,13H,8H2,(H,22,23). The third-order valence-electron chi connectivity index (χ3n) is 3.35. The Bertz CT molecular complexity index is 711. The highest BCUT2D eigenvalue weighted by Gasteiger charge is 2.31. The van der Waals surface area contributed by atoms with Crippen LogP contribution in [0.5, 0.6) is 0 Å². The van der Waals surface area contributed by atoms with Gasteiger partial charge in [-0.2, -0.15) is 13.2 Å². The van der Waals surface area contributed by atoms with E-state index in [1.165, 1.54) is 30.3 Å². The summed E-state index contributed by atoms with van der Waals surface area (Å²) in [6, 6.07) is 8.26. The van der Waals surface area contributed by atoms with Crippen molar-refractivity contribution < 1.29 is 27.5 Å². The number of benzene rings is 2. The number of hydrogen-bond donors (Lipinski definition) is 1. The molecule has 2 rings (SSSR count). The molecule has 1 unspecified atom stereocenters. The molecule has 0 heterocycles. The Balaban J connectivity index is 2.47. The van der Waals surface area contributed by atoms with E-state index < -0.39 is 29.4 Å². The van der Waals surface area contributed by atoms with Gasteiger partial charge in [-0.05, 0) is 35.4 Å². The number of carboxylic acids is 1. The summed E-state index contributed by atoms with van der Waals surface area (Å²) >= 11 is 3.07. The predicted molar refractivity (Wildman–Crippen MR) is 79.6 cm³/mol. The molecule has 2 nitrogen and oxygen atoms in total. The lowest BCUT2D eigenvalue weighted by Gasteiger charge is -2.19. The summed E-state index contributed by atoms with van der Waals surface area (Å²) in [4.78, 5) is 11.1. The largest absolute Gasteiger partial charge is 0.481 e. The monoisotopic (exact) mass is 390 g/mol. The fourth-order valence-corrected chi connectivity index (χ4v) is 2.92. The quantitative estimate of drug-likeness (QED) is 0.727. The zero-order chi connectivity index (χ0) is 17.2. The van der Waals surface area contributed by atoms with Gasteiger partial charge in [0.15, 0.2) is 0 Å². The van der Waals surface area contributed by atoms with Crippen molar-refractivity contribution in [2.75, 3.05) is 0 Å². The lowest BCUT2D eigenvalue weighted by atomic mass is 9.88. The molecule has 7 heteroatoms. The van der Waals surface area contributed by atoms with E-state index in [9.17, 15) is 22.4 Å². The molecule has 0 radical (unpaired) electrons. The van der Waals surface area contributed by atoms with Crippen LogP contribution in [0.2, 0.25) is 0 Å². The summed E-state index contributed by atoms with van der Waals surface area (Å²) in [5, 5.41) is 9.07. The van der Waals surface area contributed by atoms with Crippen LogP contribution in [0.15, 0.2) is 46.9 Å². The van der Waals surface area contributed by atoms with Crippen molar-refractivity contribution in [3.63, 3.8) is 0 Å². The second-order valence-electron chi connectivity index (χ2n) is 4.94. The van der Waals surface area contributed by atoms with Crippen molar-refractivity contribution in [2.24, 2.45) is 0 Å². The van der Waals surface area contributed by atoms with Gasteiger partial charge in [0.2, 0.25) is 0 Å². The molecule has 0 saturated carbocycles. The highest BCUT2D eigenvalue weighted by atomic mass is 79.9. The first-order valence-electron chi connectivity index (χ1n) is 6.52. The van der Waals surface area contributed by atoms with Gasteiger partial charge in [-0.15, -0.1) is 0 Å². The molecule has 2 aromatic carbocycles. The van der Waals surface area contributed by atoms with Crippen LogP contribution in [0.4, 0.5) is 17.6 Å². The smallest absolute Gasteiger partial charge is 0.416 e. The molecule has 23 heavy (non-hydrogen) atoms. The highest BCUT2D eigenvalue weighted by Crippen LogP contribution is 2.37. The van der Waals surface area contributed by atoms with E-state index in [0.29, 0.717) is 11.1 Å². The van der Waals surface area contributed by atoms with Gasteiger partial charge in [-0.25, -0.2) is 4.39 Å². The number of hydrogen-bond acceptors (Lipinski definition) is 1. The summed E-state index contributed by atoms with van der Waals surface area (Å²) in [7, 11) is 0. The summed E-state index contributed by atoms with van der Waals surface area (Å²) < 4.78 is 51.3. The summed E-state index contributed by atoms with van der Waals surface area (Å²) in [6.45, 7) is 0. The summed E-state index contributed by atoms with van der Waals surface area (Å²) in [5.74, 6) is -2.27. The van der Waals surface area contributed by atoms with E-state index in [1.807, 2.05) is 0 Å². The van der Waals surface area contributed by atoms with Crippen LogP contribution < -0.4 is 0 Å². The van der Waals surface area contributed by atoms with Crippen molar-refractivity contribution in [1.29, 1.82) is 0 Å². The molecule has 0 bridgehead atoms. The molecular formula is C16H11BrF4O2. The average molecular weight is 391 g/mol. The molecule has 122 valence electrons. The van der Waals surface area contributed by atoms with E-state index >= 15 is 0 Å². The van der Waals surface area contributed by atoms with Crippen LogP contribution in [-0.2, 0) is 11.0 Å². The molecular weight excluding hydrogens is 380 g/mol. The van der Waals surface area contributed by atoms with E-state index in [0.717, 1.165) is 12.1 Å². The molecule has 0 amide bonds. The fraction of sp³-hybridized carbons (Fsp3) is 0.188. The number of carbonyl (C=O) groups is 1. The molecule has 1 N–H and O–H groups in total. The number of carboxylic acid groups (broad SMARTS) is 1. The minimum absolute atomic E-state index is 0.155. The van der Waals surface area contributed by atoms with E-state index in [4.69, 9.17) is 5.11 Å². The van der Waals surface area contributed by atoms with Crippen molar-refractivity contribution in [3.8, 4) is 0 Å². The highest BCUT2D eigenvalue weighted by molar-refractivity contribution is 9.10. The van der Waals surface area contributed by atoms with Crippen molar-refractivity contribution in [3.05, 3.63) is 69.4 Å². The Hall–Kier alpha value is -1.89. The SMILES string of the molecule is O=C(O)CC(c1ccc(F)cc1)c1ccc(C(F)(F)F)cc1Br. The number of alkyl halides is 3. The summed E-state index contributed by atoms with van der Waals surface area (Å²) in [5.41, 5.74) is 0.0718. The van der Waals surface area contributed by atoms with Crippen LogP contribution in [0, 0.1) is 5.82 Å². The van der Waals surface area contributed by atoms with Crippen LogP contribution in [0.3, 0.4) is 0 Å². The molecule has 1 atom stereocenters. The number of rotatable bonds is 4. The van der Waals surface area contributed by atoms with Gasteiger partial charge in [0.25, 0.3) is 0 Å². The lowest BCUT2D eigenvalue weighted by molar-refractivity contribution is -0.138. The Morgan fingerprint density at radius 3 is 2.22 bits per heavy atom. The minimum Gasteiger partial charge on any atom is -0.481 e. The van der Waals surface area contributed by atoms with Gasteiger partial charge in [-0.1, -0.05) is 34.1 Å². The zero-order valence-electron chi connectivity index (χ0n) is 11.6. The maximum Gasteiger partial charge on any atom is 0.416 e. The maximum atomic E-state index is 13.0. The Labute approximate surface area is 137 Å². The van der Waals surface area contributed by atoms with E-state index in [-0.39, 0.29) is 10.9 Å². The second-order valence-corrected chi connectivity index (χ2v) is 5.79. The van der Waals surface area contributed by atoms with Gasteiger partial charge >= 0.3 is 12.1 Å². The fourth-order valence-electron chi connectivity index (χ4n) is 2.26. The summed E-state index contributed by atoms with van der Waals surface area (Å²) in [6.07, 6.45) is -4.81. The first kappa shape index (κ1) is 17.5. The van der Waals surface area contributed by atoms with Gasteiger partial charge in [0, 0.05) is 10.4 Å². The maximum absolute atomic E-state index is 13.0. The van der Waals surface area contributed by atoms with Crippen molar-refractivity contribution >= 4 is 21.9 Å². The molecule has 0 aliphatic heterocycles. The molecule has 0 aliphatic carbocycles. The van der Waals surface area contributed by atoms with Crippen molar-refractivity contribution in [2.45, 2.75) is 18.5 Å². The predicted octanol–water partition coefficient (Wildman–Crippen LogP) is 5.21. The van der Waals surface area contributed by atoms with Crippen LogP contribution >= 0.6 is 15.9 Å². The van der Waals surface area contributed by atoms with Crippen molar-refractivity contribution in [1.82, 2.24) is 0 Å². The van der Waals surface area contributed by atoms with Gasteiger partial charge in [-0.3, -0.25) is 4.79 Å². The zero-order valence-corrected chi connectivity index (χ0v) is 13.2. The molecule has 0 aliphatic rings. The third-order valence-corrected chi connectivity index (χ3v) is 4.04. The van der Waals surface area contributed by atoms with E-state index in [2.05, 4.69) is 15.9 Å². The van der Waals surface area contributed by atoms with Gasteiger partial charge in [0.1, 0.15) is 5.82 Å². The topological polar surface area (TPSA) is 37.3 Å². The first-order valence-corrected chi connectivity index (χ1v) is 7.31. The molecule has 0 fully saturated rings. The Morgan fingerprint density at radius 1 is 1.13 bits per heavy atom. The Morgan fingerprint density at radius 2 is 1.74 bits per heavy atom. The van der Waals surface area contributed by atoms with Gasteiger partial charge < -0.3 is 5.11 Å². The van der Waals surface area contributed by atoms with Crippen LogP contribution in [0.1, 0.15) is 29.0 Å². The Kier molecular flexibility index (Phi) is 5.09. The van der Waals surface area contributed by atoms with E-state index in [1.54, 1.807) is 0 Å².